The topological polar surface area (TPSA) is 70.7 Å². The lowest BCUT2D eigenvalue weighted by Crippen LogP contribution is -2.45. The molecule has 0 unspecified atom stereocenters. The van der Waals surface area contributed by atoms with E-state index in [0.29, 0.717) is 38.6 Å². The van der Waals surface area contributed by atoms with Crippen LogP contribution in [0.2, 0.25) is 0 Å². The predicted octanol–water partition coefficient (Wildman–Crippen LogP) is 0.130. The summed E-state index contributed by atoms with van der Waals surface area (Å²) in [7, 11) is 1.99. The Morgan fingerprint density at radius 2 is 2.05 bits per heavy atom. The number of nitrogens with one attached hydrogen (secondary N) is 2. The second kappa shape index (κ2) is 9.72. The molecule has 1 aliphatic rings. The Morgan fingerprint density at radius 1 is 1.35 bits per heavy atom. The van der Waals surface area contributed by atoms with Crippen LogP contribution in [0.5, 0.6) is 0 Å². The highest BCUT2D eigenvalue weighted by Crippen LogP contribution is 2.08. The maximum absolute atomic E-state index is 11.8. The summed E-state index contributed by atoms with van der Waals surface area (Å²) >= 11 is 0. The third kappa shape index (κ3) is 6.86. The number of carbonyl (C=O) groups excluding carboxylic acids is 2. The number of amides is 1. The molecule has 1 saturated heterocycles. The van der Waals surface area contributed by atoms with Gasteiger partial charge in [-0.1, -0.05) is 0 Å². The molecule has 6 nitrogen and oxygen atoms in total. The highest BCUT2D eigenvalue weighted by Gasteiger charge is 2.19. The summed E-state index contributed by atoms with van der Waals surface area (Å²) in [6, 6.07) is 0.488. The predicted molar refractivity (Wildman–Crippen MR) is 77.4 cm³/mol. The Kier molecular flexibility index (Phi) is 8.22. The minimum atomic E-state index is -0.200. The summed E-state index contributed by atoms with van der Waals surface area (Å²) in [5.41, 5.74) is 0. The molecule has 0 aliphatic carbocycles. The first-order valence-electron chi connectivity index (χ1n) is 7.46. The van der Waals surface area contributed by atoms with E-state index >= 15 is 0 Å². The van der Waals surface area contributed by atoms with E-state index in [0.717, 1.165) is 25.9 Å². The second-order valence-electron chi connectivity index (χ2n) is 5.15. The van der Waals surface area contributed by atoms with Gasteiger partial charge in [0, 0.05) is 19.0 Å². The molecule has 0 aromatic rings. The molecule has 0 aromatic carbocycles. The van der Waals surface area contributed by atoms with Crippen LogP contribution < -0.4 is 10.6 Å². The van der Waals surface area contributed by atoms with Crippen LogP contribution in [0, 0.1) is 0 Å². The summed E-state index contributed by atoms with van der Waals surface area (Å²) in [4.78, 5) is 25.0. The van der Waals surface area contributed by atoms with E-state index in [-0.39, 0.29) is 11.9 Å². The molecule has 0 bridgehead atoms. The van der Waals surface area contributed by atoms with Crippen LogP contribution in [0.1, 0.15) is 32.6 Å². The van der Waals surface area contributed by atoms with E-state index in [2.05, 4.69) is 15.5 Å². The largest absolute Gasteiger partial charge is 0.466 e. The van der Waals surface area contributed by atoms with Gasteiger partial charge < -0.3 is 15.4 Å². The zero-order valence-corrected chi connectivity index (χ0v) is 12.6. The summed E-state index contributed by atoms with van der Waals surface area (Å²) in [5, 5.41) is 6.16. The molecule has 20 heavy (non-hydrogen) atoms. The fraction of sp³-hybridized carbons (Fsp3) is 0.857. The molecule has 1 amide bonds. The summed E-state index contributed by atoms with van der Waals surface area (Å²) < 4.78 is 4.83. The molecule has 2 N–H and O–H groups in total. The van der Waals surface area contributed by atoms with Gasteiger partial charge in [-0.3, -0.25) is 14.5 Å². The smallest absolute Gasteiger partial charge is 0.305 e. The average molecular weight is 285 g/mol. The second-order valence-corrected chi connectivity index (χ2v) is 5.15. The number of rotatable bonds is 8. The van der Waals surface area contributed by atoms with Crippen molar-refractivity contribution in [3.8, 4) is 0 Å². The lowest BCUT2D eigenvalue weighted by atomic mass is 10.1. The number of likely N-dealkylation sites (N-methyl/N-ethyl adjacent to an activating group) is 1. The van der Waals surface area contributed by atoms with Crippen LogP contribution in [-0.4, -0.2) is 62.7 Å². The molecule has 0 saturated carbocycles. The molecule has 1 heterocycles. The minimum Gasteiger partial charge on any atom is -0.466 e. The van der Waals surface area contributed by atoms with Crippen LogP contribution >= 0.6 is 0 Å². The number of ether oxygens (including phenoxy) is 1. The summed E-state index contributed by atoms with van der Waals surface area (Å²) in [6.07, 6.45) is 3.17. The monoisotopic (exact) mass is 285 g/mol. The van der Waals surface area contributed by atoms with Crippen molar-refractivity contribution >= 4 is 11.9 Å². The number of hydrogen-bond donors (Lipinski definition) is 2. The van der Waals surface area contributed by atoms with Gasteiger partial charge in [0.15, 0.2) is 0 Å². The maximum Gasteiger partial charge on any atom is 0.305 e. The Morgan fingerprint density at radius 3 is 2.70 bits per heavy atom. The minimum absolute atomic E-state index is 0.0230. The van der Waals surface area contributed by atoms with Crippen LogP contribution in [0.3, 0.4) is 0 Å². The van der Waals surface area contributed by atoms with Crippen LogP contribution in [0.15, 0.2) is 0 Å². The molecule has 0 radical (unpaired) electrons. The summed E-state index contributed by atoms with van der Waals surface area (Å²) in [5.74, 6) is -0.177. The third-order valence-corrected chi connectivity index (χ3v) is 3.51. The molecule has 116 valence electrons. The average Bonchev–Trinajstić information content (AvgIpc) is 2.45. The van der Waals surface area contributed by atoms with Gasteiger partial charge in [0.2, 0.25) is 5.91 Å². The fourth-order valence-corrected chi connectivity index (χ4v) is 2.35. The zero-order valence-electron chi connectivity index (χ0n) is 12.6. The van der Waals surface area contributed by atoms with E-state index < -0.39 is 0 Å². The van der Waals surface area contributed by atoms with Crippen molar-refractivity contribution in [3.05, 3.63) is 0 Å². The first-order chi connectivity index (χ1) is 9.63. The van der Waals surface area contributed by atoms with Gasteiger partial charge in [0.25, 0.3) is 0 Å². The number of esters is 1. The highest BCUT2D eigenvalue weighted by atomic mass is 16.5. The van der Waals surface area contributed by atoms with Crippen LogP contribution in [-0.2, 0) is 14.3 Å². The standard InChI is InChI=1S/C14H27N3O3/c1-3-20-14(19)5-4-8-16-13(18)11-17(2)12-6-9-15-10-7-12/h12,15H,3-11H2,1-2H3,(H,16,18). The molecule has 1 fully saturated rings. The van der Waals surface area contributed by atoms with E-state index in [1.165, 1.54) is 0 Å². The first-order valence-corrected chi connectivity index (χ1v) is 7.46. The van der Waals surface area contributed by atoms with Gasteiger partial charge in [-0.25, -0.2) is 0 Å². The van der Waals surface area contributed by atoms with Crippen molar-refractivity contribution in [2.24, 2.45) is 0 Å². The molecular weight excluding hydrogens is 258 g/mol. The molecule has 6 heteroatoms. The lowest BCUT2D eigenvalue weighted by molar-refractivity contribution is -0.143. The molecule has 0 spiro atoms. The molecule has 1 rings (SSSR count). The van der Waals surface area contributed by atoms with E-state index in [4.69, 9.17) is 4.74 Å². The SMILES string of the molecule is CCOC(=O)CCCNC(=O)CN(C)C1CCNCC1. The number of piperidine rings is 1. The van der Waals surface area contributed by atoms with Crippen molar-refractivity contribution < 1.29 is 14.3 Å². The molecule has 0 atom stereocenters. The van der Waals surface area contributed by atoms with Crippen molar-refractivity contribution in [3.63, 3.8) is 0 Å². The van der Waals surface area contributed by atoms with Gasteiger partial charge in [-0.15, -0.1) is 0 Å². The Labute approximate surface area is 121 Å². The van der Waals surface area contributed by atoms with Crippen LogP contribution in [0.25, 0.3) is 0 Å². The van der Waals surface area contributed by atoms with Gasteiger partial charge in [-0.05, 0) is 46.3 Å². The number of nitrogens with zero attached hydrogens (tertiary/aromatic N) is 1. The lowest BCUT2D eigenvalue weighted by Gasteiger charge is -2.31. The Balaban J connectivity index is 2.08. The van der Waals surface area contributed by atoms with Crippen LogP contribution in [0.4, 0.5) is 0 Å². The summed E-state index contributed by atoms with van der Waals surface area (Å²) in [6.45, 7) is 5.19. The van der Waals surface area contributed by atoms with Crippen molar-refractivity contribution in [1.82, 2.24) is 15.5 Å². The first kappa shape index (κ1) is 16.9. The van der Waals surface area contributed by atoms with Gasteiger partial charge >= 0.3 is 5.97 Å². The normalized spacial score (nSPS) is 16.1. The van der Waals surface area contributed by atoms with E-state index in [9.17, 15) is 9.59 Å². The zero-order chi connectivity index (χ0) is 14.8. The van der Waals surface area contributed by atoms with Gasteiger partial charge in [0.1, 0.15) is 0 Å². The molecular formula is C14H27N3O3. The molecule has 0 aromatic heterocycles. The van der Waals surface area contributed by atoms with Crippen molar-refractivity contribution in [1.29, 1.82) is 0 Å². The maximum atomic E-state index is 11.8. The Hall–Kier alpha value is -1.14. The quantitative estimate of drug-likeness (QED) is 0.490. The third-order valence-electron chi connectivity index (χ3n) is 3.51. The Bertz CT molecular complexity index is 304. The van der Waals surface area contributed by atoms with Gasteiger partial charge in [0.05, 0.1) is 13.2 Å². The van der Waals surface area contributed by atoms with E-state index in [1.807, 2.05) is 7.05 Å². The van der Waals surface area contributed by atoms with Crippen molar-refractivity contribution in [2.45, 2.75) is 38.6 Å². The number of hydrogen-bond acceptors (Lipinski definition) is 5. The number of carbonyl (C=O) groups is 2. The fourth-order valence-electron chi connectivity index (χ4n) is 2.35. The highest BCUT2D eigenvalue weighted by molar-refractivity contribution is 5.78. The van der Waals surface area contributed by atoms with E-state index in [1.54, 1.807) is 6.92 Å². The molecule has 1 aliphatic heterocycles. The van der Waals surface area contributed by atoms with Gasteiger partial charge in [-0.2, -0.15) is 0 Å². The van der Waals surface area contributed by atoms with Crippen molar-refractivity contribution in [2.75, 3.05) is 39.8 Å².